The molecule has 2 aromatic carbocycles. The van der Waals surface area contributed by atoms with Crippen molar-refractivity contribution in [2.24, 2.45) is 0 Å². The number of aromatic hydroxyl groups is 1. The van der Waals surface area contributed by atoms with Crippen molar-refractivity contribution in [1.29, 1.82) is 0 Å². The second-order valence-electron chi connectivity index (χ2n) is 4.55. The number of aromatic carboxylic acids is 1. The van der Waals surface area contributed by atoms with Crippen molar-refractivity contribution in [2.75, 3.05) is 4.90 Å². The van der Waals surface area contributed by atoms with Crippen molar-refractivity contribution in [3.63, 3.8) is 0 Å². The Labute approximate surface area is 114 Å². The first-order chi connectivity index (χ1) is 9.58. The predicted molar refractivity (Wildman–Crippen MR) is 72.0 cm³/mol. The third-order valence-electron chi connectivity index (χ3n) is 3.34. The molecule has 0 radical (unpaired) electrons. The second kappa shape index (κ2) is 4.38. The average Bonchev–Trinajstić information content (AvgIpc) is 2.77. The molecule has 0 atom stereocenters. The van der Waals surface area contributed by atoms with Crippen LogP contribution in [-0.2, 0) is 6.54 Å². The molecular weight excluding hydrogens is 258 g/mol. The highest BCUT2D eigenvalue weighted by atomic mass is 16.4. The van der Waals surface area contributed by atoms with E-state index >= 15 is 0 Å². The number of nitrogens with zero attached hydrogens (tertiary/aromatic N) is 1. The fourth-order valence-electron chi connectivity index (χ4n) is 2.33. The Morgan fingerprint density at radius 3 is 2.40 bits per heavy atom. The van der Waals surface area contributed by atoms with Crippen LogP contribution in [-0.4, -0.2) is 22.1 Å². The van der Waals surface area contributed by atoms with Gasteiger partial charge in [0.2, 0.25) is 0 Å². The Morgan fingerprint density at radius 2 is 1.80 bits per heavy atom. The lowest BCUT2D eigenvalue weighted by Crippen LogP contribution is -2.23. The number of phenolic OH excluding ortho intramolecular Hbond substituents is 1. The molecule has 1 aliphatic rings. The number of benzene rings is 2. The number of carbonyl (C=O) groups is 2. The van der Waals surface area contributed by atoms with E-state index in [1.54, 1.807) is 24.3 Å². The van der Waals surface area contributed by atoms with E-state index in [1.165, 1.54) is 23.1 Å². The van der Waals surface area contributed by atoms with E-state index in [0.717, 1.165) is 5.56 Å². The van der Waals surface area contributed by atoms with E-state index in [2.05, 4.69) is 0 Å². The maximum Gasteiger partial charge on any atom is 0.335 e. The van der Waals surface area contributed by atoms with Crippen molar-refractivity contribution < 1.29 is 19.8 Å². The largest absolute Gasteiger partial charge is 0.507 e. The number of phenols is 1. The maximum atomic E-state index is 12.3. The Kier molecular flexibility index (Phi) is 2.68. The van der Waals surface area contributed by atoms with Gasteiger partial charge in [-0.3, -0.25) is 4.79 Å². The molecule has 0 aliphatic carbocycles. The Morgan fingerprint density at radius 1 is 1.10 bits per heavy atom. The van der Waals surface area contributed by atoms with E-state index < -0.39 is 5.97 Å². The van der Waals surface area contributed by atoms with Crippen molar-refractivity contribution in [3.05, 3.63) is 59.2 Å². The second-order valence-corrected chi connectivity index (χ2v) is 4.55. The van der Waals surface area contributed by atoms with Gasteiger partial charge in [0.05, 0.1) is 17.7 Å². The van der Waals surface area contributed by atoms with E-state index in [0.29, 0.717) is 17.8 Å². The summed E-state index contributed by atoms with van der Waals surface area (Å²) in [5, 5.41) is 18.6. The lowest BCUT2D eigenvalue weighted by Gasteiger charge is -2.15. The Hall–Kier alpha value is -2.82. The quantitative estimate of drug-likeness (QED) is 0.876. The summed E-state index contributed by atoms with van der Waals surface area (Å²) in [6, 6.07) is 11.0. The summed E-state index contributed by atoms with van der Waals surface area (Å²) >= 11 is 0. The van der Waals surface area contributed by atoms with Gasteiger partial charge in [0.25, 0.3) is 5.91 Å². The van der Waals surface area contributed by atoms with E-state index in [9.17, 15) is 14.7 Å². The summed E-state index contributed by atoms with van der Waals surface area (Å²) in [6.07, 6.45) is 0. The Balaban J connectivity index is 1.96. The van der Waals surface area contributed by atoms with Gasteiger partial charge >= 0.3 is 5.97 Å². The molecule has 0 bridgehead atoms. The molecule has 0 unspecified atom stereocenters. The summed E-state index contributed by atoms with van der Waals surface area (Å²) in [5.41, 5.74) is 1.85. The number of carboxylic acids is 1. The lowest BCUT2D eigenvalue weighted by atomic mass is 10.1. The van der Waals surface area contributed by atoms with Crippen LogP contribution in [0.25, 0.3) is 0 Å². The fourth-order valence-corrected chi connectivity index (χ4v) is 2.33. The number of carboxylic acid groups (broad SMARTS) is 1. The van der Waals surface area contributed by atoms with Crippen molar-refractivity contribution in [3.8, 4) is 5.75 Å². The molecule has 1 heterocycles. The summed E-state index contributed by atoms with van der Waals surface area (Å²) in [7, 11) is 0. The zero-order valence-corrected chi connectivity index (χ0v) is 10.4. The third-order valence-corrected chi connectivity index (χ3v) is 3.34. The zero-order chi connectivity index (χ0) is 14.3. The van der Waals surface area contributed by atoms with Crippen LogP contribution in [0.1, 0.15) is 26.3 Å². The minimum atomic E-state index is -1.01. The Bertz CT molecular complexity index is 706. The summed E-state index contributed by atoms with van der Waals surface area (Å²) in [5.74, 6) is -1.32. The van der Waals surface area contributed by atoms with Gasteiger partial charge in [-0.15, -0.1) is 0 Å². The van der Waals surface area contributed by atoms with Gasteiger partial charge in [0.1, 0.15) is 5.75 Å². The van der Waals surface area contributed by atoms with E-state index in [-0.39, 0.29) is 17.2 Å². The topological polar surface area (TPSA) is 77.8 Å². The summed E-state index contributed by atoms with van der Waals surface area (Å²) in [4.78, 5) is 24.6. The molecule has 0 saturated carbocycles. The molecule has 1 aliphatic heterocycles. The van der Waals surface area contributed by atoms with Crippen LogP contribution >= 0.6 is 0 Å². The molecule has 2 aromatic rings. The number of hydrogen-bond acceptors (Lipinski definition) is 3. The molecule has 2 N–H and O–H groups in total. The van der Waals surface area contributed by atoms with Gasteiger partial charge in [-0.05, 0) is 35.9 Å². The average molecular weight is 269 g/mol. The molecule has 3 rings (SSSR count). The van der Waals surface area contributed by atoms with Crippen LogP contribution in [0.4, 0.5) is 5.69 Å². The third kappa shape index (κ3) is 1.80. The molecule has 0 spiro atoms. The van der Waals surface area contributed by atoms with Gasteiger partial charge in [-0.25, -0.2) is 4.79 Å². The normalized spacial score (nSPS) is 13.4. The molecule has 5 nitrogen and oxygen atoms in total. The number of hydrogen-bond donors (Lipinski definition) is 2. The molecule has 0 fully saturated rings. The molecule has 20 heavy (non-hydrogen) atoms. The first-order valence-electron chi connectivity index (χ1n) is 6.04. The van der Waals surface area contributed by atoms with Crippen molar-refractivity contribution >= 4 is 17.6 Å². The highest BCUT2D eigenvalue weighted by Gasteiger charge is 2.30. The zero-order valence-electron chi connectivity index (χ0n) is 10.4. The monoisotopic (exact) mass is 269 g/mol. The molecule has 0 saturated heterocycles. The standard InChI is InChI=1S/C15H11NO4/c17-12-3-1-2-10-8-16(14(18)13(10)12)11-6-4-9(5-7-11)15(19)20/h1-7,17H,8H2,(H,19,20). The van der Waals surface area contributed by atoms with Gasteiger partial charge in [-0.1, -0.05) is 12.1 Å². The van der Waals surface area contributed by atoms with Crippen LogP contribution in [0.2, 0.25) is 0 Å². The number of carbonyl (C=O) groups excluding carboxylic acids is 1. The molecule has 100 valence electrons. The SMILES string of the molecule is O=C(O)c1ccc(N2Cc3cccc(O)c3C2=O)cc1. The van der Waals surface area contributed by atoms with E-state index in [4.69, 9.17) is 5.11 Å². The first kappa shape index (κ1) is 12.2. The van der Waals surface area contributed by atoms with Crippen molar-refractivity contribution in [1.82, 2.24) is 0 Å². The minimum Gasteiger partial charge on any atom is -0.507 e. The highest BCUT2D eigenvalue weighted by Crippen LogP contribution is 2.33. The number of rotatable bonds is 2. The maximum absolute atomic E-state index is 12.3. The molecule has 5 heteroatoms. The van der Waals surface area contributed by atoms with Crippen LogP contribution in [0.3, 0.4) is 0 Å². The van der Waals surface area contributed by atoms with E-state index in [1.807, 2.05) is 0 Å². The molecular formula is C15H11NO4. The number of amides is 1. The van der Waals surface area contributed by atoms with Crippen LogP contribution < -0.4 is 4.90 Å². The lowest BCUT2D eigenvalue weighted by molar-refractivity contribution is 0.0696. The van der Waals surface area contributed by atoms with Crippen molar-refractivity contribution in [2.45, 2.75) is 6.54 Å². The molecule has 0 aromatic heterocycles. The highest BCUT2D eigenvalue weighted by molar-refractivity contribution is 6.11. The molecule has 1 amide bonds. The van der Waals surface area contributed by atoms with Gasteiger partial charge in [0, 0.05) is 5.69 Å². The predicted octanol–water partition coefficient (Wildman–Crippen LogP) is 2.25. The summed E-state index contributed by atoms with van der Waals surface area (Å²) < 4.78 is 0. The van der Waals surface area contributed by atoms with Crippen LogP contribution in [0.5, 0.6) is 5.75 Å². The van der Waals surface area contributed by atoms with Gasteiger partial charge in [-0.2, -0.15) is 0 Å². The minimum absolute atomic E-state index is 0.0304. The summed E-state index contributed by atoms with van der Waals surface area (Å²) in [6.45, 7) is 0.370. The smallest absolute Gasteiger partial charge is 0.335 e. The van der Waals surface area contributed by atoms with Crippen LogP contribution in [0, 0.1) is 0 Å². The first-order valence-corrected chi connectivity index (χ1v) is 6.04. The number of fused-ring (bicyclic) bond motifs is 1. The number of anilines is 1. The van der Waals surface area contributed by atoms with Gasteiger partial charge < -0.3 is 15.1 Å². The fraction of sp³-hybridized carbons (Fsp3) is 0.0667. The van der Waals surface area contributed by atoms with Crippen LogP contribution in [0.15, 0.2) is 42.5 Å². The van der Waals surface area contributed by atoms with Gasteiger partial charge in [0.15, 0.2) is 0 Å².